The molecule has 1 atom stereocenters. The molecule has 1 saturated carbocycles. The normalized spacial score (nSPS) is 15.0. The molecule has 1 fully saturated rings. The summed E-state index contributed by atoms with van der Waals surface area (Å²) < 4.78 is 4.79. The van der Waals surface area contributed by atoms with Crippen molar-refractivity contribution in [2.45, 2.75) is 31.2 Å². The zero-order valence-corrected chi connectivity index (χ0v) is 12.8. The maximum Gasteiger partial charge on any atom is 0.328 e. The fourth-order valence-electron chi connectivity index (χ4n) is 2.52. The average Bonchev–Trinajstić information content (AvgIpc) is 3.30. The molecule has 3 rings (SSSR count). The van der Waals surface area contributed by atoms with E-state index in [4.69, 9.17) is 4.74 Å². The largest absolute Gasteiger partial charge is 0.467 e. The molecule has 1 aliphatic carbocycles. The number of pyridine rings is 1. The molecule has 0 aliphatic heterocycles. The van der Waals surface area contributed by atoms with Crippen molar-refractivity contribution < 1.29 is 14.3 Å². The first-order valence-corrected chi connectivity index (χ1v) is 7.49. The van der Waals surface area contributed by atoms with Crippen LogP contribution in [0.25, 0.3) is 0 Å². The molecule has 1 aliphatic rings. The Balaban J connectivity index is 1.76. The Kier molecular flexibility index (Phi) is 4.36. The summed E-state index contributed by atoms with van der Waals surface area (Å²) >= 11 is 0. The molecule has 2 aromatic heterocycles. The van der Waals surface area contributed by atoms with Crippen LogP contribution in [0.3, 0.4) is 0 Å². The second kappa shape index (κ2) is 6.60. The zero-order chi connectivity index (χ0) is 16.2. The summed E-state index contributed by atoms with van der Waals surface area (Å²) in [5, 5.41) is 2.76. The van der Waals surface area contributed by atoms with Gasteiger partial charge in [-0.15, -0.1) is 0 Å². The van der Waals surface area contributed by atoms with E-state index >= 15 is 0 Å². The lowest BCUT2D eigenvalue weighted by Gasteiger charge is -2.17. The average molecular weight is 314 g/mol. The summed E-state index contributed by atoms with van der Waals surface area (Å²) in [6.45, 7) is 0. The van der Waals surface area contributed by atoms with Crippen molar-refractivity contribution >= 4 is 11.9 Å². The van der Waals surface area contributed by atoms with Gasteiger partial charge in [-0.3, -0.25) is 9.78 Å². The molecule has 1 amide bonds. The van der Waals surface area contributed by atoms with Gasteiger partial charge in [0.05, 0.1) is 13.4 Å². The van der Waals surface area contributed by atoms with Crippen molar-refractivity contribution in [3.63, 3.8) is 0 Å². The minimum atomic E-state index is -0.770. The number of nitrogens with zero attached hydrogens (tertiary/aromatic N) is 2. The number of nitrogens with one attached hydrogen (secondary N) is 2. The third-order valence-electron chi connectivity index (χ3n) is 3.88. The summed E-state index contributed by atoms with van der Waals surface area (Å²) in [6.07, 6.45) is 8.89. The SMILES string of the molecule is COC(=O)[C@@H](Cc1cnc[nH]1)NC(=O)c1ccncc1C1CC1. The first kappa shape index (κ1) is 15.2. The molecule has 7 heteroatoms. The summed E-state index contributed by atoms with van der Waals surface area (Å²) in [6, 6.07) is 0.918. The number of H-pyrrole nitrogens is 1. The Morgan fingerprint density at radius 2 is 2.22 bits per heavy atom. The number of esters is 1. The molecule has 0 unspecified atom stereocenters. The fraction of sp³-hybridized carbons (Fsp3) is 0.375. The number of carbonyl (C=O) groups is 2. The number of amides is 1. The Hall–Kier alpha value is -2.70. The summed E-state index contributed by atoms with van der Waals surface area (Å²) in [4.78, 5) is 35.5. The predicted octanol–water partition coefficient (Wildman–Crippen LogP) is 1.20. The lowest BCUT2D eigenvalue weighted by atomic mass is 10.0. The van der Waals surface area contributed by atoms with E-state index in [1.165, 1.54) is 13.4 Å². The smallest absolute Gasteiger partial charge is 0.328 e. The topological polar surface area (TPSA) is 97.0 Å². The second-order valence-electron chi connectivity index (χ2n) is 5.57. The minimum Gasteiger partial charge on any atom is -0.467 e. The number of methoxy groups -OCH3 is 1. The monoisotopic (exact) mass is 314 g/mol. The molecular weight excluding hydrogens is 296 g/mol. The number of rotatable bonds is 6. The Labute approximate surface area is 133 Å². The number of imidazole rings is 1. The zero-order valence-electron chi connectivity index (χ0n) is 12.8. The van der Waals surface area contributed by atoms with Crippen LogP contribution in [0.4, 0.5) is 0 Å². The van der Waals surface area contributed by atoms with Crippen LogP contribution in [0.5, 0.6) is 0 Å². The van der Waals surface area contributed by atoms with Gasteiger partial charge < -0.3 is 15.0 Å². The minimum absolute atomic E-state index is 0.288. The predicted molar refractivity (Wildman–Crippen MR) is 81.8 cm³/mol. The molecule has 23 heavy (non-hydrogen) atoms. The molecule has 120 valence electrons. The highest BCUT2D eigenvalue weighted by molar-refractivity contribution is 5.98. The molecule has 0 saturated heterocycles. The molecule has 2 N–H and O–H groups in total. The molecule has 7 nitrogen and oxygen atoms in total. The van der Waals surface area contributed by atoms with Crippen LogP contribution in [0.2, 0.25) is 0 Å². The van der Waals surface area contributed by atoms with Crippen LogP contribution in [-0.2, 0) is 16.0 Å². The lowest BCUT2D eigenvalue weighted by molar-refractivity contribution is -0.142. The van der Waals surface area contributed by atoms with E-state index in [-0.39, 0.29) is 5.91 Å². The molecule has 2 aromatic rings. The first-order valence-electron chi connectivity index (χ1n) is 7.49. The molecule has 0 radical (unpaired) electrons. The van der Waals surface area contributed by atoms with Crippen molar-refractivity contribution in [2.24, 2.45) is 0 Å². The van der Waals surface area contributed by atoms with E-state index in [1.807, 2.05) is 0 Å². The van der Waals surface area contributed by atoms with Crippen LogP contribution in [0.15, 0.2) is 31.0 Å². The van der Waals surface area contributed by atoms with Crippen molar-refractivity contribution in [3.05, 3.63) is 47.8 Å². The molecule has 0 aromatic carbocycles. The second-order valence-corrected chi connectivity index (χ2v) is 5.57. The van der Waals surface area contributed by atoms with Crippen LogP contribution < -0.4 is 5.32 Å². The third kappa shape index (κ3) is 3.56. The van der Waals surface area contributed by atoms with Gasteiger partial charge in [0, 0.05) is 36.3 Å². The van der Waals surface area contributed by atoms with Crippen LogP contribution in [-0.4, -0.2) is 40.0 Å². The number of ether oxygens (including phenoxy) is 1. The van der Waals surface area contributed by atoms with E-state index in [0.717, 1.165) is 24.1 Å². The Morgan fingerprint density at radius 1 is 1.39 bits per heavy atom. The van der Waals surface area contributed by atoms with Crippen LogP contribution >= 0.6 is 0 Å². The van der Waals surface area contributed by atoms with E-state index in [2.05, 4.69) is 20.3 Å². The van der Waals surface area contributed by atoms with Gasteiger partial charge >= 0.3 is 5.97 Å². The molecule has 0 bridgehead atoms. The van der Waals surface area contributed by atoms with E-state index in [0.29, 0.717) is 17.9 Å². The summed E-state index contributed by atoms with van der Waals surface area (Å²) in [5.74, 6) is -0.382. The first-order chi connectivity index (χ1) is 11.2. The number of aromatic amines is 1. The van der Waals surface area contributed by atoms with E-state index in [9.17, 15) is 9.59 Å². The van der Waals surface area contributed by atoms with Gasteiger partial charge in [0.1, 0.15) is 6.04 Å². The number of hydrogen-bond donors (Lipinski definition) is 2. The Bertz CT molecular complexity index is 695. The lowest BCUT2D eigenvalue weighted by Crippen LogP contribution is -2.43. The van der Waals surface area contributed by atoms with Crippen molar-refractivity contribution in [2.75, 3.05) is 7.11 Å². The van der Waals surface area contributed by atoms with Gasteiger partial charge in [-0.25, -0.2) is 9.78 Å². The highest BCUT2D eigenvalue weighted by atomic mass is 16.5. The number of aromatic nitrogens is 3. The van der Waals surface area contributed by atoms with Crippen molar-refractivity contribution in [1.82, 2.24) is 20.3 Å². The van der Waals surface area contributed by atoms with Gasteiger partial charge in [-0.05, 0) is 30.4 Å². The standard InChI is InChI=1S/C16H18N4O3/c1-23-16(22)14(6-11-7-18-9-19-11)20-15(21)12-4-5-17-8-13(12)10-2-3-10/h4-5,7-10,14H,2-3,6H2,1H3,(H,18,19)(H,20,21)/t14-/m1/s1. The van der Waals surface area contributed by atoms with Crippen molar-refractivity contribution in [1.29, 1.82) is 0 Å². The molecule has 2 heterocycles. The number of carbonyl (C=O) groups excluding carboxylic acids is 2. The molecular formula is C16H18N4O3. The summed E-state index contributed by atoms with van der Waals surface area (Å²) in [5.41, 5.74) is 2.26. The van der Waals surface area contributed by atoms with Gasteiger partial charge in [0.15, 0.2) is 0 Å². The highest BCUT2D eigenvalue weighted by Crippen LogP contribution is 2.41. The highest BCUT2D eigenvalue weighted by Gasteiger charge is 2.30. The number of hydrogen-bond acceptors (Lipinski definition) is 5. The molecule has 0 spiro atoms. The Morgan fingerprint density at radius 3 is 2.87 bits per heavy atom. The van der Waals surface area contributed by atoms with Crippen LogP contribution in [0, 0.1) is 0 Å². The van der Waals surface area contributed by atoms with Gasteiger partial charge in [-0.1, -0.05) is 0 Å². The van der Waals surface area contributed by atoms with E-state index < -0.39 is 12.0 Å². The fourth-order valence-corrected chi connectivity index (χ4v) is 2.52. The van der Waals surface area contributed by atoms with Crippen molar-refractivity contribution in [3.8, 4) is 0 Å². The van der Waals surface area contributed by atoms with Gasteiger partial charge in [0.2, 0.25) is 0 Å². The third-order valence-corrected chi connectivity index (χ3v) is 3.88. The van der Waals surface area contributed by atoms with Gasteiger partial charge in [-0.2, -0.15) is 0 Å². The quantitative estimate of drug-likeness (QED) is 0.781. The van der Waals surface area contributed by atoms with E-state index in [1.54, 1.807) is 24.7 Å². The van der Waals surface area contributed by atoms with Gasteiger partial charge in [0.25, 0.3) is 5.91 Å². The van der Waals surface area contributed by atoms with Crippen LogP contribution in [0.1, 0.15) is 40.4 Å². The maximum atomic E-state index is 12.6. The maximum absolute atomic E-state index is 12.6. The summed E-state index contributed by atoms with van der Waals surface area (Å²) in [7, 11) is 1.30.